The second-order valence-electron chi connectivity index (χ2n) is 18.2. The summed E-state index contributed by atoms with van der Waals surface area (Å²) < 4.78 is 25.4. The highest BCUT2D eigenvalue weighted by Gasteiger charge is 2.39. The van der Waals surface area contributed by atoms with Crippen molar-refractivity contribution in [3.63, 3.8) is 0 Å². The van der Waals surface area contributed by atoms with Gasteiger partial charge in [0.2, 0.25) is 17.8 Å². The maximum Gasteiger partial charge on any atom is 0.255 e. The Morgan fingerprint density at radius 1 is 0.881 bits per heavy atom. The minimum atomic E-state index is -2.60. The van der Waals surface area contributed by atoms with Gasteiger partial charge in [0.05, 0.1) is 35.9 Å². The number of carbonyl (C=O) groups is 3. The van der Waals surface area contributed by atoms with E-state index in [2.05, 4.69) is 59.7 Å². The van der Waals surface area contributed by atoms with Gasteiger partial charge in [-0.15, -0.1) is 0 Å². The molecule has 1 atom stereocenters. The molecule has 9 rings (SSSR count). The number of piperazine rings is 1. The van der Waals surface area contributed by atoms with E-state index in [9.17, 15) is 18.9 Å². The van der Waals surface area contributed by atoms with Crippen LogP contribution in [0.5, 0.6) is 11.5 Å². The number of hydrogen-bond acceptors (Lipinski definition) is 14. The van der Waals surface area contributed by atoms with Crippen LogP contribution in [-0.4, -0.2) is 137 Å². The summed E-state index contributed by atoms with van der Waals surface area (Å²) in [5.74, 6) is 2.23. The molecule has 0 radical (unpaired) electrons. The van der Waals surface area contributed by atoms with Crippen molar-refractivity contribution in [1.82, 2.24) is 40.0 Å². The zero-order valence-corrected chi connectivity index (χ0v) is 39.8. The zero-order chi connectivity index (χ0) is 46.8. The highest BCUT2D eigenvalue weighted by Crippen LogP contribution is 2.40. The van der Waals surface area contributed by atoms with Crippen molar-refractivity contribution >= 4 is 59.0 Å². The van der Waals surface area contributed by atoms with Gasteiger partial charge in [0.25, 0.3) is 5.91 Å². The van der Waals surface area contributed by atoms with E-state index in [1.54, 1.807) is 43.8 Å². The van der Waals surface area contributed by atoms with E-state index in [0.29, 0.717) is 54.4 Å². The molecule has 0 saturated carbocycles. The zero-order valence-electron chi connectivity index (χ0n) is 38.9. The van der Waals surface area contributed by atoms with E-state index in [1.807, 2.05) is 43.3 Å². The lowest BCUT2D eigenvalue weighted by atomic mass is 9.99. The average molecular weight is 930 g/mol. The molecule has 5 aromatic rings. The summed E-state index contributed by atoms with van der Waals surface area (Å²) in [5, 5.41) is 10.0. The topological polar surface area (TPSA) is 190 Å². The van der Waals surface area contributed by atoms with Crippen molar-refractivity contribution in [1.29, 1.82) is 0 Å². The van der Waals surface area contributed by atoms with E-state index in [4.69, 9.17) is 19.4 Å². The van der Waals surface area contributed by atoms with Crippen LogP contribution >= 0.6 is 7.14 Å². The fourth-order valence-electron chi connectivity index (χ4n) is 9.80. The number of aromatic amines is 1. The van der Waals surface area contributed by atoms with Crippen molar-refractivity contribution in [2.45, 2.75) is 64.6 Å². The first-order valence-corrected chi connectivity index (χ1v) is 25.9. The summed E-state index contributed by atoms with van der Waals surface area (Å²) in [6.07, 6.45) is 7.09. The minimum Gasteiger partial charge on any atom is -0.494 e. The summed E-state index contributed by atoms with van der Waals surface area (Å²) in [6.45, 7) is 15.2. The van der Waals surface area contributed by atoms with Crippen molar-refractivity contribution in [2.24, 2.45) is 0 Å². The van der Waals surface area contributed by atoms with Crippen LogP contribution in [-0.2, 0) is 27.1 Å². The predicted octanol–water partition coefficient (Wildman–Crippen LogP) is 5.91. The van der Waals surface area contributed by atoms with Gasteiger partial charge in [0.1, 0.15) is 42.9 Å². The van der Waals surface area contributed by atoms with Gasteiger partial charge < -0.3 is 39.5 Å². The first-order valence-electron chi connectivity index (χ1n) is 23.3. The summed E-state index contributed by atoms with van der Waals surface area (Å²) >= 11 is 0. The van der Waals surface area contributed by atoms with Gasteiger partial charge in [0.15, 0.2) is 0 Å². The summed E-state index contributed by atoms with van der Waals surface area (Å²) in [6, 6.07) is 17.3. The molecule has 3 aromatic carbocycles. The summed E-state index contributed by atoms with van der Waals surface area (Å²) in [4.78, 5) is 63.7. The molecule has 6 heterocycles. The van der Waals surface area contributed by atoms with Crippen molar-refractivity contribution in [3.8, 4) is 22.8 Å². The number of nitrogens with zero attached hydrogens (tertiary/aromatic N) is 7. The van der Waals surface area contributed by atoms with E-state index in [1.165, 1.54) is 11.3 Å². The first-order chi connectivity index (χ1) is 32.3. The van der Waals surface area contributed by atoms with Crippen LogP contribution in [0.25, 0.3) is 11.3 Å². The number of rotatable bonds is 15. The Morgan fingerprint density at radius 3 is 2.39 bits per heavy atom. The molecule has 1 unspecified atom stereocenters. The average Bonchev–Trinajstić information content (AvgIpc) is 3.90. The number of para-hydroxylation sites is 1. The number of benzene rings is 3. The van der Waals surface area contributed by atoms with Crippen LogP contribution in [0.3, 0.4) is 0 Å². The lowest BCUT2D eigenvalue weighted by Crippen LogP contribution is -2.53. The molecule has 352 valence electrons. The highest BCUT2D eigenvalue weighted by atomic mass is 31.2. The molecule has 3 saturated heterocycles. The molecule has 17 nitrogen and oxygen atoms in total. The van der Waals surface area contributed by atoms with Crippen LogP contribution in [0.1, 0.15) is 59.9 Å². The third-order valence-electron chi connectivity index (χ3n) is 13.4. The molecule has 4 aliphatic heterocycles. The van der Waals surface area contributed by atoms with E-state index >= 15 is 0 Å². The molecule has 2 aromatic heterocycles. The molecule has 0 spiro atoms. The number of aryl methyl sites for hydroxylation is 2. The van der Waals surface area contributed by atoms with Gasteiger partial charge >= 0.3 is 0 Å². The van der Waals surface area contributed by atoms with Gasteiger partial charge in [-0.25, -0.2) is 9.97 Å². The second-order valence-corrected chi connectivity index (χ2v) is 21.3. The number of aromatic nitrogens is 4. The predicted molar refractivity (Wildman–Crippen MR) is 260 cm³/mol. The normalized spacial score (nSPS) is 18.5. The third-order valence-corrected chi connectivity index (χ3v) is 15.0. The van der Waals surface area contributed by atoms with E-state index in [-0.39, 0.29) is 18.2 Å². The number of imide groups is 1. The lowest BCUT2D eigenvalue weighted by Gasteiger charge is -2.43. The number of nitrogens with one attached hydrogen (secondary N) is 4. The van der Waals surface area contributed by atoms with Gasteiger partial charge in [-0.2, -0.15) is 4.98 Å². The SMILES string of the molecule is CCc1cc(Nc2ncc(-c3cnc(C)[nH]3)c(Nc3ccccc3P(C)(C)=O)n2)c(OC)cc1N1CCC(N2CCN(CCOc3ccc4c(c3)CN(C3CCC(=O)NC3=O)C4=O)CC2)CC1. The Morgan fingerprint density at radius 2 is 1.67 bits per heavy atom. The van der Waals surface area contributed by atoms with Crippen LogP contribution in [0, 0.1) is 6.92 Å². The van der Waals surface area contributed by atoms with Gasteiger partial charge in [-0.1, -0.05) is 19.1 Å². The summed E-state index contributed by atoms with van der Waals surface area (Å²) in [5.41, 5.74) is 6.80. The molecule has 4 N–H and O–H groups in total. The largest absolute Gasteiger partial charge is 0.494 e. The summed E-state index contributed by atoms with van der Waals surface area (Å²) in [7, 11) is -0.915. The number of ether oxygens (including phenoxy) is 2. The quantitative estimate of drug-likeness (QED) is 0.0717. The maximum absolute atomic E-state index is 13.3. The highest BCUT2D eigenvalue weighted by molar-refractivity contribution is 7.70. The fraction of sp³-hybridized carbons (Fsp3) is 0.429. The number of methoxy groups -OCH3 is 1. The molecular formula is C49H60N11O6P. The Kier molecular flexibility index (Phi) is 13.4. The lowest BCUT2D eigenvalue weighted by molar-refractivity contribution is -0.136. The van der Waals surface area contributed by atoms with Crippen molar-refractivity contribution in [2.75, 3.05) is 88.4 Å². The Balaban J connectivity index is 0.785. The van der Waals surface area contributed by atoms with Gasteiger partial charge in [0, 0.05) is 93.6 Å². The van der Waals surface area contributed by atoms with Crippen molar-refractivity contribution < 1.29 is 28.4 Å². The van der Waals surface area contributed by atoms with Crippen LogP contribution < -0.4 is 35.6 Å². The smallest absolute Gasteiger partial charge is 0.255 e. The number of amides is 3. The van der Waals surface area contributed by atoms with Crippen molar-refractivity contribution in [3.05, 3.63) is 89.5 Å². The number of anilines is 5. The van der Waals surface area contributed by atoms with E-state index in [0.717, 1.165) is 104 Å². The molecule has 3 fully saturated rings. The number of carbonyl (C=O) groups excluding carboxylic acids is 3. The molecule has 0 bridgehead atoms. The standard InChI is InChI=1S/C49H60N11O6P/c1-6-32-26-39(54-49-51-28-37(40-29-50-31(2)52-40)46(56-49)53-38-9-7-8-10-44(38)67(4,5)64)43(65-3)27-42(32)59-17-15-34(16-18-59)58-21-19-57(20-22-58)23-24-66-35-11-12-36-33(25-35)30-60(48(36)63)41-13-14-45(61)55-47(41)62/h7-12,25-29,34,41H,6,13-24,30H2,1-5H3,(H,50,52)(H,55,61,62)(H2,51,53,54,56). The Bertz CT molecular complexity index is 2710. The monoisotopic (exact) mass is 929 g/mol. The Hall–Kier alpha value is -6.29. The number of hydrogen-bond donors (Lipinski definition) is 4. The molecule has 4 aliphatic rings. The number of imidazole rings is 1. The van der Waals surface area contributed by atoms with Crippen LogP contribution in [0.15, 0.2) is 67.0 Å². The molecule has 0 aliphatic carbocycles. The minimum absolute atomic E-state index is 0.181. The van der Waals surface area contributed by atoms with Gasteiger partial charge in [-0.05, 0) is 93.5 Å². The first kappa shape index (κ1) is 45.8. The molecule has 18 heteroatoms. The fourth-order valence-corrected chi connectivity index (χ4v) is 11.0. The Labute approximate surface area is 391 Å². The number of piperidine rings is 2. The van der Waals surface area contributed by atoms with Gasteiger partial charge in [-0.3, -0.25) is 29.5 Å². The second kappa shape index (κ2) is 19.5. The molecule has 67 heavy (non-hydrogen) atoms. The molecular weight excluding hydrogens is 870 g/mol. The molecule has 3 amide bonds. The van der Waals surface area contributed by atoms with Crippen LogP contribution in [0.2, 0.25) is 0 Å². The van der Waals surface area contributed by atoms with E-state index < -0.39 is 19.1 Å². The number of H-pyrrole nitrogens is 1. The third kappa shape index (κ3) is 10.0. The van der Waals surface area contributed by atoms with Crippen LogP contribution in [0.4, 0.5) is 28.8 Å². The maximum atomic E-state index is 13.3. The number of fused-ring (bicyclic) bond motifs is 1.